The second-order valence-corrected chi connectivity index (χ2v) is 11.8. The van der Waals surface area contributed by atoms with E-state index in [1.807, 2.05) is 0 Å². The first-order valence-electron chi connectivity index (χ1n) is 17.0. The van der Waals surface area contributed by atoms with Gasteiger partial charge in [0.15, 0.2) is 6.61 Å². The Bertz CT molecular complexity index is 1440. The molecule has 0 saturated heterocycles. The number of ether oxygens (including phenoxy) is 5. The van der Waals surface area contributed by atoms with Crippen LogP contribution >= 0.6 is 0 Å². The molecule has 1 amide bonds. The van der Waals surface area contributed by atoms with E-state index in [2.05, 4.69) is 13.8 Å². The summed E-state index contributed by atoms with van der Waals surface area (Å²) in [7, 11) is 3.05. The maximum atomic E-state index is 13.4. The quantitative estimate of drug-likeness (QED) is 0.0445. The number of hydrogen-bond acceptors (Lipinski definition) is 10. The van der Waals surface area contributed by atoms with Crippen LogP contribution in [0.25, 0.3) is 0 Å². The number of rotatable bonds is 22. The number of hydrogen-bond donors (Lipinski definition) is 0. The lowest BCUT2D eigenvalue weighted by atomic mass is 10.1. The number of nitrogens with zero attached hydrogens (tertiary/aromatic N) is 2. The van der Waals surface area contributed by atoms with Crippen molar-refractivity contribution in [3.63, 3.8) is 0 Å². The third kappa shape index (κ3) is 12.4. The predicted octanol–water partition coefficient (Wildman–Crippen LogP) is 7.69. The number of benzene rings is 3. The minimum Gasteiger partial charge on any atom is -0.497 e. The van der Waals surface area contributed by atoms with Crippen LogP contribution in [0, 0.1) is 10.1 Å². The molecule has 0 bridgehead atoms. The first kappa shape index (κ1) is 39.3. The summed E-state index contributed by atoms with van der Waals surface area (Å²) in [5, 5.41) is 12.4. The van der Waals surface area contributed by atoms with Gasteiger partial charge in [-0.25, -0.2) is 9.59 Å². The van der Waals surface area contributed by atoms with Crippen molar-refractivity contribution in [2.24, 2.45) is 0 Å². The molecule has 0 spiro atoms. The third-order valence-corrected chi connectivity index (χ3v) is 8.04. The van der Waals surface area contributed by atoms with Gasteiger partial charge in [-0.3, -0.25) is 14.9 Å². The van der Waals surface area contributed by atoms with E-state index in [4.69, 9.17) is 23.7 Å². The summed E-state index contributed by atoms with van der Waals surface area (Å²) in [6, 6.07) is 15.7. The van der Waals surface area contributed by atoms with Gasteiger partial charge in [-0.2, -0.15) is 0 Å². The summed E-state index contributed by atoms with van der Waals surface area (Å²) in [6.07, 6.45) is 8.02. The normalized spacial score (nSPS) is 10.6. The average molecular weight is 693 g/mol. The average Bonchev–Trinajstić information content (AvgIpc) is 3.14. The van der Waals surface area contributed by atoms with Gasteiger partial charge in [0.1, 0.15) is 41.6 Å². The molecule has 0 aliphatic rings. The lowest BCUT2D eigenvalue weighted by Gasteiger charge is -2.23. The van der Waals surface area contributed by atoms with Crippen LogP contribution in [0.15, 0.2) is 60.7 Å². The van der Waals surface area contributed by atoms with E-state index < -0.39 is 33.7 Å². The van der Waals surface area contributed by atoms with Gasteiger partial charge in [0.2, 0.25) is 0 Å². The molecular weight excluding hydrogens is 644 g/mol. The summed E-state index contributed by atoms with van der Waals surface area (Å²) in [4.78, 5) is 53.4. The molecule has 0 N–H and O–H groups in total. The van der Waals surface area contributed by atoms with Gasteiger partial charge < -0.3 is 28.6 Å². The lowest BCUT2D eigenvalue weighted by molar-refractivity contribution is -0.385. The summed E-state index contributed by atoms with van der Waals surface area (Å²) in [6.45, 7) is 4.62. The van der Waals surface area contributed by atoms with Gasteiger partial charge in [0.25, 0.3) is 11.6 Å². The molecule has 12 nitrogen and oxygen atoms in total. The number of esters is 2. The topological polar surface area (TPSA) is 144 Å². The number of methoxy groups -OCH3 is 2. The molecule has 0 unspecified atom stereocenters. The molecule has 3 aromatic rings. The highest BCUT2D eigenvalue weighted by Crippen LogP contribution is 2.32. The Hall–Kier alpha value is -5.13. The maximum Gasteiger partial charge on any atom is 0.345 e. The molecule has 3 rings (SSSR count). The molecule has 12 heteroatoms. The highest BCUT2D eigenvalue weighted by Gasteiger charge is 2.32. The minimum absolute atomic E-state index is 0.0892. The van der Waals surface area contributed by atoms with E-state index in [-0.39, 0.29) is 31.5 Å². The van der Waals surface area contributed by atoms with Crippen LogP contribution in [-0.4, -0.2) is 61.6 Å². The number of carbonyl (C=O) groups excluding carboxylic acids is 3. The molecule has 0 heterocycles. The van der Waals surface area contributed by atoms with Gasteiger partial charge in [-0.1, -0.05) is 76.6 Å². The van der Waals surface area contributed by atoms with Crippen LogP contribution < -0.4 is 14.2 Å². The smallest absolute Gasteiger partial charge is 0.345 e. The molecule has 50 heavy (non-hydrogen) atoms. The van der Waals surface area contributed by atoms with Gasteiger partial charge >= 0.3 is 11.9 Å². The van der Waals surface area contributed by atoms with E-state index >= 15 is 0 Å². The fraction of sp³-hybridized carbons (Fsp3) is 0.447. The van der Waals surface area contributed by atoms with E-state index in [9.17, 15) is 24.5 Å². The zero-order valence-electron chi connectivity index (χ0n) is 29.4. The monoisotopic (exact) mass is 692 g/mol. The zero-order chi connectivity index (χ0) is 36.3. The van der Waals surface area contributed by atoms with Crippen LogP contribution in [0.4, 0.5) is 5.69 Å². The highest BCUT2D eigenvalue weighted by molar-refractivity contribution is 6.03. The second-order valence-electron chi connectivity index (χ2n) is 11.8. The standard InChI is InChI=1S/C38H48N2O10/c1-5-7-9-11-21-39(22-12-10-8-6-2)35(41)27-48-32-23-33(37(42)49-25-28-13-17-30(46-3)18-14-28)36(40(44)45)34(24-32)38(43)50-26-29-15-19-31(47-4)20-16-29/h13-20,23-24H,5-12,21-22,25-27H2,1-4H3. The van der Waals surface area contributed by atoms with E-state index in [0.717, 1.165) is 63.5 Å². The summed E-state index contributed by atoms with van der Waals surface area (Å²) >= 11 is 0. The van der Waals surface area contributed by atoms with Crippen molar-refractivity contribution in [2.45, 2.75) is 78.4 Å². The van der Waals surface area contributed by atoms with Gasteiger partial charge in [-0.05, 0) is 48.2 Å². The van der Waals surface area contributed by atoms with Crippen molar-refractivity contribution in [3.8, 4) is 17.2 Å². The SMILES string of the molecule is CCCCCCN(CCCCCC)C(=O)COc1cc(C(=O)OCc2ccc(OC)cc2)c([N+](=O)[O-])c(C(=O)OCc2ccc(OC)cc2)c1. The Labute approximate surface area is 293 Å². The molecule has 0 aliphatic heterocycles. The number of carbonyl (C=O) groups is 3. The van der Waals surface area contributed by atoms with E-state index in [1.165, 1.54) is 14.2 Å². The molecule has 0 fully saturated rings. The number of unbranched alkanes of at least 4 members (excludes halogenated alkanes) is 6. The Morgan fingerprint density at radius 1 is 0.660 bits per heavy atom. The van der Waals surface area contributed by atoms with Crippen LogP contribution in [0.1, 0.15) is 97.1 Å². The largest absolute Gasteiger partial charge is 0.497 e. The van der Waals surface area contributed by atoms with Gasteiger partial charge in [0.05, 0.1) is 19.1 Å². The number of amides is 1. The summed E-state index contributed by atoms with van der Waals surface area (Å²) in [5.74, 6) is -1.25. The van der Waals surface area contributed by atoms with Gasteiger partial charge in [0, 0.05) is 25.2 Å². The summed E-state index contributed by atoms with van der Waals surface area (Å²) < 4.78 is 27.0. The van der Waals surface area contributed by atoms with Crippen molar-refractivity contribution in [2.75, 3.05) is 33.9 Å². The fourth-order valence-corrected chi connectivity index (χ4v) is 5.15. The molecule has 0 aromatic heterocycles. The molecule has 3 aromatic carbocycles. The van der Waals surface area contributed by atoms with Crippen LogP contribution in [-0.2, 0) is 27.5 Å². The molecule has 0 saturated carbocycles. The summed E-state index contributed by atoms with van der Waals surface area (Å²) in [5.41, 5.74) is -0.605. The molecular formula is C38H48N2O10. The van der Waals surface area contributed by atoms with Crippen LogP contribution in [0.3, 0.4) is 0 Å². The molecule has 0 radical (unpaired) electrons. The van der Waals surface area contributed by atoms with Crippen molar-refractivity contribution < 1.29 is 43.0 Å². The van der Waals surface area contributed by atoms with Crippen LogP contribution in [0.2, 0.25) is 0 Å². The minimum atomic E-state index is -1.05. The van der Waals surface area contributed by atoms with Crippen molar-refractivity contribution in [1.29, 1.82) is 0 Å². The Kier molecular flexibility index (Phi) is 16.6. The third-order valence-electron chi connectivity index (χ3n) is 8.04. The lowest BCUT2D eigenvalue weighted by Crippen LogP contribution is -2.36. The number of nitro benzene ring substituents is 1. The Morgan fingerprint density at radius 2 is 1.10 bits per heavy atom. The van der Waals surface area contributed by atoms with Crippen molar-refractivity contribution in [1.82, 2.24) is 4.90 Å². The molecule has 0 aliphatic carbocycles. The number of nitro groups is 1. The van der Waals surface area contributed by atoms with Gasteiger partial charge in [-0.15, -0.1) is 0 Å². The van der Waals surface area contributed by atoms with E-state index in [0.29, 0.717) is 35.7 Å². The van der Waals surface area contributed by atoms with E-state index in [1.54, 1.807) is 53.4 Å². The molecule has 0 atom stereocenters. The maximum absolute atomic E-state index is 13.4. The first-order valence-corrected chi connectivity index (χ1v) is 17.0. The van der Waals surface area contributed by atoms with Crippen LogP contribution in [0.5, 0.6) is 17.2 Å². The molecule has 270 valence electrons. The highest BCUT2D eigenvalue weighted by atomic mass is 16.6. The Morgan fingerprint density at radius 3 is 1.48 bits per heavy atom. The fourth-order valence-electron chi connectivity index (χ4n) is 5.15. The zero-order valence-corrected chi connectivity index (χ0v) is 29.4. The van der Waals surface area contributed by atoms with Crippen molar-refractivity contribution >= 4 is 23.5 Å². The Balaban J connectivity index is 1.88. The second kappa shape index (κ2) is 21.1. The predicted molar refractivity (Wildman–Crippen MR) is 188 cm³/mol. The van der Waals surface area contributed by atoms with Crippen molar-refractivity contribution in [3.05, 3.63) is 93.0 Å². The first-order chi connectivity index (χ1) is 24.2.